The molecule has 0 bridgehead atoms. The quantitative estimate of drug-likeness (QED) is 0.118. The summed E-state index contributed by atoms with van der Waals surface area (Å²) < 4.78 is 34.9. The number of halogens is 3. The number of ether oxygens (including phenoxy) is 1. The predicted octanol–water partition coefficient (Wildman–Crippen LogP) is 6.60. The third-order valence-corrected chi connectivity index (χ3v) is 8.82. The average molecular weight is 716 g/mol. The molecular weight excluding hydrogens is 680 g/mol. The van der Waals surface area contributed by atoms with Crippen molar-refractivity contribution in [3.8, 4) is 34.2 Å². The van der Waals surface area contributed by atoms with Gasteiger partial charge in [0.2, 0.25) is 0 Å². The Balaban J connectivity index is 1.46. The van der Waals surface area contributed by atoms with E-state index in [-0.39, 0.29) is 23.1 Å². The number of hydrogen-bond acceptors (Lipinski definition) is 7. The van der Waals surface area contributed by atoms with E-state index in [1.54, 1.807) is 57.3 Å². The van der Waals surface area contributed by atoms with E-state index in [0.29, 0.717) is 70.2 Å². The lowest BCUT2D eigenvalue weighted by molar-refractivity contribution is -0.114. The molecule has 3 amide bonds. The lowest BCUT2D eigenvalue weighted by Gasteiger charge is -2.21. The van der Waals surface area contributed by atoms with Gasteiger partial charge >= 0.3 is 6.09 Å². The van der Waals surface area contributed by atoms with Crippen LogP contribution in [0.4, 0.5) is 25.1 Å². The van der Waals surface area contributed by atoms with E-state index in [4.69, 9.17) is 22.1 Å². The molecule has 1 aromatic carbocycles. The van der Waals surface area contributed by atoms with Crippen LogP contribution in [0.15, 0.2) is 55.1 Å². The summed E-state index contributed by atoms with van der Waals surface area (Å²) in [5.74, 6) is 3.89. The van der Waals surface area contributed by atoms with E-state index in [1.807, 2.05) is 11.6 Å². The number of nitrogen functional groups attached to an aromatic ring is 1. The molecule has 11 nitrogen and oxygen atoms in total. The SMILES string of the molecule is C=C(F)C(=O)Nc1ccc(-c2c(-c3cnc(C(=O)NCC4(F)CC4)c(Cl)c3)c3c(N)ncc(C#CC4(NC(=O)OC(C)(C)C)CC4)c3n2C)cc1. The smallest absolute Gasteiger partial charge is 0.408 e. The minimum Gasteiger partial charge on any atom is -0.444 e. The van der Waals surface area contributed by atoms with Gasteiger partial charge in [-0.1, -0.05) is 42.2 Å². The molecule has 0 unspecified atom stereocenters. The zero-order valence-corrected chi connectivity index (χ0v) is 29.2. The highest BCUT2D eigenvalue weighted by molar-refractivity contribution is 6.34. The number of carbonyl (C=O) groups excluding carboxylic acids is 3. The van der Waals surface area contributed by atoms with Gasteiger partial charge in [0.25, 0.3) is 11.8 Å². The molecule has 0 saturated heterocycles. The summed E-state index contributed by atoms with van der Waals surface area (Å²) in [6.07, 6.45) is 4.53. The summed E-state index contributed by atoms with van der Waals surface area (Å²) in [5.41, 5.74) is 7.53. The molecular formula is C37H36ClF2N7O4. The number of nitrogens with one attached hydrogen (secondary N) is 3. The number of benzene rings is 1. The zero-order valence-electron chi connectivity index (χ0n) is 28.5. The Morgan fingerprint density at radius 2 is 1.78 bits per heavy atom. The summed E-state index contributed by atoms with van der Waals surface area (Å²) in [5, 5.41) is 8.45. The van der Waals surface area contributed by atoms with Gasteiger partial charge in [0.15, 0.2) is 5.83 Å². The van der Waals surface area contributed by atoms with Gasteiger partial charge in [-0.25, -0.2) is 23.5 Å². The van der Waals surface area contributed by atoms with Gasteiger partial charge in [-0.15, -0.1) is 0 Å². The molecule has 264 valence electrons. The van der Waals surface area contributed by atoms with Gasteiger partial charge in [0.05, 0.1) is 33.7 Å². The number of aryl methyl sites for hydroxylation is 1. The molecule has 2 fully saturated rings. The molecule has 0 atom stereocenters. The monoisotopic (exact) mass is 715 g/mol. The second-order valence-electron chi connectivity index (χ2n) is 13.8. The molecule has 3 heterocycles. The average Bonchev–Trinajstić information content (AvgIpc) is 3.97. The van der Waals surface area contributed by atoms with Crippen molar-refractivity contribution in [2.24, 2.45) is 7.05 Å². The van der Waals surface area contributed by atoms with Crippen LogP contribution in [0.2, 0.25) is 5.02 Å². The Kier molecular flexibility index (Phi) is 9.01. The first-order valence-electron chi connectivity index (χ1n) is 16.2. The van der Waals surface area contributed by atoms with Crippen molar-refractivity contribution in [2.75, 3.05) is 17.6 Å². The van der Waals surface area contributed by atoms with Crippen LogP contribution in [0, 0.1) is 11.8 Å². The van der Waals surface area contributed by atoms with Gasteiger partial charge in [-0.3, -0.25) is 9.59 Å². The minimum atomic E-state index is -1.39. The Labute approximate surface area is 298 Å². The highest BCUT2D eigenvalue weighted by Gasteiger charge is 2.44. The van der Waals surface area contributed by atoms with Crippen LogP contribution in [0.3, 0.4) is 0 Å². The largest absolute Gasteiger partial charge is 0.444 e. The molecule has 14 heteroatoms. The van der Waals surface area contributed by atoms with E-state index < -0.39 is 40.5 Å². The van der Waals surface area contributed by atoms with Crippen molar-refractivity contribution in [2.45, 2.75) is 63.3 Å². The number of alkyl halides is 1. The Morgan fingerprint density at radius 1 is 1.10 bits per heavy atom. The lowest BCUT2D eigenvalue weighted by Crippen LogP contribution is -2.39. The zero-order chi connectivity index (χ0) is 36.9. The van der Waals surface area contributed by atoms with Gasteiger partial charge in [0.1, 0.15) is 28.3 Å². The van der Waals surface area contributed by atoms with Crippen LogP contribution in [-0.4, -0.2) is 55.8 Å². The first-order valence-corrected chi connectivity index (χ1v) is 16.6. The van der Waals surface area contributed by atoms with Crippen LogP contribution < -0.4 is 21.7 Å². The van der Waals surface area contributed by atoms with E-state index in [9.17, 15) is 23.2 Å². The first-order chi connectivity index (χ1) is 24.0. The van der Waals surface area contributed by atoms with Crippen molar-refractivity contribution in [1.82, 2.24) is 25.2 Å². The fourth-order valence-corrected chi connectivity index (χ4v) is 5.85. The third kappa shape index (κ3) is 7.66. The number of pyridine rings is 2. The molecule has 3 aromatic heterocycles. The molecule has 0 aliphatic heterocycles. The molecule has 51 heavy (non-hydrogen) atoms. The van der Waals surface area contributed by atoms with Gasteiger partial charge in [-0.2, -0.15) is 0 Å². The summed E-state index contributed by atoms with van der Waals surface area (Å²) in [7, 11) is 1.82. The minimum absolute atomic E-state index is 0.0348. The number of aromatic nitrogens is 3. The number of carbonyl (C=O) groups is 3. The van der Waals surface area contributed by atoms with Crippen LogP contribution in [0.1, 0.15) is 62.5 Å². The topological polar surface area (TPSA) is 153 Å². The van der Waals surface area contributed by atoms with E-state index in [0.717, 1.165) is 0 Å². The predicted molar refractivity (Wildman–Crippen MR) is 191 cm³/mol. The second-order valence-corrected chi connectivity index (χ2v) is 14.3. The second kappa shape index (κ2) is 13.0. The number of alkyl carbamates (subject to hydrolysis) is 1. The van der Waals surface area contributed by atoms with Gasteiger partial charge in [-0.05, 0) is 70.2 Å². The van der Waals surface area contributed by atoms with Crippen molar-refractivity contribution in [3.05, 3.63) is 71.4 Å². The molecule has 2 aliphatic carbocycles. The third-order valence-electron chi connectivity index (χ3n) is 8.53. The van der Waals surface area contributed by atoms with Gasteiger partial charge in [0, 0.05) is 36.3 Å². The molecule has 2 saturated carbocycles. The number of anilines is 2. The summed E-state index contributed by atoms with van der Waals surface area (Å²) >= 11 is 6.63. The number of nitrogens with zero attached hydrogens (tertiary/aromatic N) is 3. The van der Waals surface area contributed by atoms with Crippen LogP contribution in [0.25, 0.3) is 33.3 Å². The highest BCUT2D eigenvalue weighted by Crippen LogP contribution is 2.44. The molecule has 2 aliphatic rings. The first kappa shape index (κ1) is 35.3. The van der Waals surface area contributed by atoms with Crippen molar-refractivity contribution < 1.29 is 27.9 Å². The van der Waals surface area contributed by atoms with Crippen molar-refractivity contribution >= 4 is 51.9 Å². The van der Waals surface area contributed by atoms with Crippen LogP contribution in [0.5, 0.6) is 0 Å². The Hall–Kier alpha value is -5.48. The fourth-order valence-electron chi connectivity index (χ4n) is 5.60. The Morgan fingerprint density at radius 3 is 2.37 bits per heavy atom. The lowest BCUT2D eigenvalue weighted by atomic mass is 9.98. The number of fused-ring (bicyclic) bond motifs is 1. The summed E-state index contributed by atoms with van der Waals surface area (Å²) in [4.78, 5) is 46.1. The molecule has 4 aromatic rings. The van der Waals surface area contributed by atoms with E-state index in [2.05, 4.69) is 44.3 Å². The Bertz CT molecular complexity index is 2170. The number of rotatable bonds is 8. The molecule has 6 rings (SSSR count). The van der Waals surface area contributed by atoms with Crippen molar-refractivity contribution in [3.63, 3.8) is 0 Å². The summed E-state index contributed by atoms with van der Waals surface area (Å²) in [6.45, 7) is 8.24. The maximum Gasteiger partial charge on any atom is 0.408 e. The van der Waals surface area contributed by atoms with Crippen LogP contribution >= 0.6 is 11.6 Å². The molecule has 0 spiro atoms. The number of amides is 3. The van der Waals surface area contributed by atoms with Crippen molar-refractivity contribution in [1.29, 1.82) is 0 Å². The number of hydrogen-bond donors (Lipinski definition) is 4. The number of nitrogens with two attached hydrogens (primary N) is 1. The molecule has 5 N–H and O–H groups in total. The van der Waals surface area contributed by atoms with E-state index in [1.165, 1.54) is 6.20 Å². The molecule has 0 radical (unpaired) electrons. The highest BCUT2D eigenvalue weighted by atomic mass is 35.5. The standard InChI is InChI=1S/C37H36ClF2N7O4/c1-20(39)32(48)45-24-8-6-21(7-9-24)29-26(23-16-25(38)28(42-18-23)33(49)44-19-36(40)12-13-36)27-30(47(29)5)22(17-43-31(27)41)10-11-37(14-15-37)46-34(50)51-35(2,3)4/h6-9,16-18H,1,12-15,19H2,2-5H3,(H2,41,43)(H,44,49)(H,45,48)(H,46,50). The fraction of sp³-hybridized carbons (Fsp3) is 0.324. The summed E-state index contributed by atoms with van der Waals surface area (Å²) in [6, 6.07) is 8.25. The van der Waals surface area contributed by atoms with Gasteiger partial charge < -0.3 is 31.0 Å². The maximum atomic E-state index is 14.2. The normalized spacial score (nSPS) is 15.3. The van der Waals surface area contributed by atoms with E-state index >= 15 is 0 Å². The van der Waals surface area contributed by atoms with Crippen LogP contribution in [-0.2, 0) is 16.6 Å². The maximum absolute atomic E-state index is 14.2.